The Morgan fingerprint density at radius 2 is 1.76 bits per heavy atom. The summed E-state index contributed by atoms with van der Waals surface area (Å²) in [4.78, 5) is 11.3. The number of nitrogens with two attached hydrogens (primary N) is 1. The number of carbonyl (C=O) groups is 1. The number of benzene rings is 2. The maximum Gasteiger partial charge on any atom is 0.250 e. The molecule has 0 aliphatic carbocycles. The van der Waals surface area contributed by atoms with Gasteiger partial charge >= 0.3 is 0 Å². The monoisotopic (exact) mass is 342 g/mol. The van der Waals surface area contributed by atoms with E-state index in [4.69, 9.17) is 40.5 Å². The topological polar surface area (TPSA) is 55.1 Å². The van der Waals surface area contributed by atoms with Crippen LogP contribution in [0.5, 0.6) is 0 Å². The van der Waals surface area contributed by atoms with Gasteiger partial charge in [0, 0.05) is 15.7 Å². The van der Waals surface area contributed by atoms with E-state index in [0.29, 0.717) is 15.1 Å². The van der Waals surface area contributed by atoms with Crippen LogP contribution >= 0.6 is 34.8 Å². The molecule has 0 aromatic heterocycles. The van der Waals surface area contributed by atoms with E-state index in [2.05, 4.69) is 5.32 Å². The number of nitrogens with one attached hydrogen (secondary N) is 1. The number of primary amides is 1. The zero-order valence-electron chi connectivity index (χ0n) is 11.2. The molecule has 0 heterocycles. The van der Waals surface area contributed by atoms with Crippen LogP contribution in [-0.4, -0.2) is 5.91 Å². The summed E-state index contributed by atoms with van der Waals surface area (Å²) in [5.41, 5.74) is 7.13. The number of hydrogen-bond donors (Lipinski definition) is 2. The molecule has 0 fully saturated rings. The Bertz CT molecular complexity index is 689. The number of anilines is 1. The number of amides is 1. The van der Waals surface area contributed by atoms with Gasteiger partial charge in [-0.05, 0) is 48.9 Å². The fourth-order valence-corrected chi connectivity index (χ4v) is 2.65. The normalized spacial score (nSPS) is 12.0. The Labute approximate surface area is 138 Å². The molecule has 0 saturated carbocycles. The molecule has 6 heteroatoms. The van der Waals surface area contributed by atoms with E-state index in [9.17, 15) is 4.79 Å². The molecule has 2 aromatic rings. The van der Waals surface area contributed by atoms with Crippen molar-refractivity contribution in [3.63, 3.8) is 0 Å². The van der Waals surface area contributed by atoms with Crippen molar-refractivity contribution in [1.82, 2.24) is 0 Å². The first kappa shape index (κ1) is 16.0. The molecule has 0 aliphatic heterocycles. The van der Waals surface area contributed by atoms with Crippen LogP contribution in [0.2, 0.25) is 15.1 Å². The third-order valence-electron chi connectivity index (χ3n) is 3.04. The zero-order chi connectivity index (χ0) is 15.6. The van der Waals surface area contributed by atoms with Crippen molar-refractivity contribution < 1.29 is 4.79 Å². The van der Waals surface area contributed by atoms with Gasteiger partial charge in [0.1, 0.15) is 0 Å². The minimum atomic E-state index is -0.572. The zero-order valence-corrected chi connectivity index (χ0v) is 13.4. The lowest BCUT2D eigenvalue weighted by atomic mass is 10.1. The Hall–Kier alpha value is -1.42. The van der Waals surface area contributed by atoms with Gasteiger partial charge in [0.15, 0.2) is 0 Å². The second-order valence-electron chi connectivity index (χ2n) is 4.59. The van der Waals surface area contributed by atoms with Crippen molar-refractivity contribution in [3.05, 3.63) is 62.6 Å². The van der Waals surface area contributed by atoms with Crippen LogP contribution in [0.4, 0.5) is 5.69 Å². The summed E-state index contributed by atoms with van der Waals surface area (Å²) < 4.78 is 0. The molecule has 2 aromatic carbocycles. The van der Waals surface area contributed by atoms with Gasteiger partial charge in [0.05, 0.1) is 16.6 Å². The average molecular weight is 344 g/mol. The smallest absolute Gasteiger partial charge is 0.250 e. The molecule has 1 atom stereocenters. The number of hydrogen-bond acceptors (Lipinski definition) is 2. The number of halogens is 3. The molecule has 3 N–H and O–H groups in total. The summed E-state index contributed by atoms with van der Waals surface area (Å²) in [5.74, 6) is -0.572. The molecule has 1 unspecified atom stereocenters. The van der Waals surface area contributed by atoms with E-state index in [-0.39, 0.29) is 11.6 Å². The van der Waals surface area contributed by atoms with Crippen LogP contribution in [0.3, 0.4) is 0 Å². The largest absolute Gasteiger partial charge is 0.378 e. The second kappa shape index (κ2) is 6.56. The molecule has 0 saturated heterocycles. The van der Waals surface area contributed by atoms with Crippen LogP contribution in [0.15, 0.2) is 36.4 Å². The van der Waals surface area contributed by atoms with Gasteiger partial charge in [0.25, 0.3) is 0 Å². The maximum atomic E-state index is 11.3. The average Bonchev–Trinajstić information content (AvgIpc) is 2.43. The molecule has 21 heavy (non-hydrogen) atoms. The van der Waals surface area contributed by atoms with Crippen molar-refractivity contribution >= 4 is 46.4 Å². The number of rotatable bonds is 4. The van der Waals surface area contributed by atoms with E-state index >= 15 is 0 Å². The third kappa shape index (κ3) is 3.82. The van der Waals surface area contributed by atoms with E-state index in [1.807, 2.05) is 6.92 Å². The first-order chi connectivity index (χ1) is 9.88. The molecule has 0 bridgehead atoms. The number of carbonyl (C=O) groups excluding carboxylic acids is 1. The van der Waals surface area contributed by atoms with Crippen molar-refractivity contribution in [1.29, 1.82) is 0 Å². The molecule has 0 aliphatic rings. The summed E-state index contributed by atoms with van der Waals surface area (Å²) >= 11 is 18.1. The van der Waals surface area contributed by atoms with Crippen LogP contribution < -0.4 is 11.1 Å². The van der Waals surface area contributed by atoms with E-state index < -0.39 is 5.91 Å². The molecular weight excluding hydrogens is 331 g/mol. The van der Waals surface area contributed by atoms with Gasteiger partial charge in [-0.2, -0.15) is 0 Å². The molecule has 0 radical (unpaired) electrons. The summed E-state index contributed by atoms with van der Waals surface area (Å²) in [6.45, 7) is 1.94. The lowest BCUT2D eigenvalue weighted by Gasteiger charge is -2.18. The van der Waals surface area contributed by atoms with Gasteiger partial charge in [0.2, 0.25) is 5.91 Å². The lowest BCUT2D eigenvalue weighted by molar-refractivity contribution is 0.100. The Morgan fingerprint density at radius 3 is 2.43 bits per heavy atom. The van der Waals surface area contributed by atoms with Crippen molar-refractivity contribution in [2.45, 2.75) is 13.0 Å². The fourth-order valence-electron chi connectivity index (χ4n) is 1.98. The predicted molar refractivity (Wildman–Crippen MR) is 88.5 cm³/mol. The molecule has 1 amide bonds. The Kier molecular flexibility index (Phi) is 4.99. The molecular formula is C15H13Cl3N2O. The van der Waals surface area contributed by atoms with E-state index in [0.717, 1.165) is 11.3 Å². The second-order valence-corrected chi connectivity index (χ2v) is 5.84. The fraction of sp³-hybridized carbons (Fsp3) is 0.133. The van der Waals surface area contributed by atoms with Gasteiger partial charge in [-0.15, -0.1) is 0 Å². The van der Waals surface area contributed by atoms with Gasteiger partial charge in [-0.1, -0.05) is 34.8 Å². The highest BCUT2D eigenvalue weighted by Crippen LogP contribution is 2.29. The Balaban J connectivity index is 2.27. The molecule has 0 spiro atoms. The van der Waals surface area contributed by atoms with E-state index in [1.165, 1.54) is 0 Å². The van der Waals surface area contributed by atoms with Crippen LogP contribution in [0.25, 0.3) is 0 Å². The Morgan fingerprint density at radius 1 is 1.10 bits per heavy atom. The first-order valence-corrected chi connectivity index (χ1v) is 7.32. The van der Waals surface area contributed by atoms with Gasteiger partial charge < -0.3 is 11.1 Å². The molecule has 110 valence electrons. The highest BCUT2D eigenvalue weighted by Gasteiger charge is 2.12. The summed E-state index contributed by atoms with van der Waals surface area (Å²) in [6.07, 6.45) is 0. The SMILES string of the molecule is CC(Nc1ccc(Cl)c(C(N)=O)c1)c1cc(Cl)ccc1Cl. The van der Waals surface area contributed by atoms with Crippen LogP contribution in [0, 0.1) is 0 Å². The third-order valence-corrected chi connectivity index (χ3v) is 3.95. The van der Waals surface area contributed by atoms with Crippen molar-refractivity contribution in [3.8, 4) is 0 Å². The van der Waals surface area contributed by atoms with Crippen LogP contribution in [0.1, 0.15) is 28.9 Å². The van der Waals surface area contributed by atoms with Gasteiger partial charge in [-0.25, -0.2) is 0 Å². The summed E-state index contributed by atoms with van der Waals surface area (Å²) in [7, 11) is 0. The molecule has 3 nitrogen and oxygen atoms in total. The van der Waals surface area contributed by atoms with Crippen molar-refractivity contribution in [2.75, 3.05) is 5.32 Å². The molecule has 2 rings (SSSR count). The summed E-state index contributed by atoms with van der Waals surface area (Å²) in [6, 6.07) is 10.2. The van der Waals surface area contributed by atoms with Gasteiger partial charge in [-0.3, -0.25) is 4.79 Å². The van der Waals surface area contributed by atoms with Crippen LogP contribution in [-0.2, 0) is 0 Å². The standard InChI is InChI=1S/C15H13Cl3N2O/c1-8(11-6-9(16)2-4-13(11)17)20-10-3-5-14(18)12(7-10)15(19)21/h2-8,20H,1H3,(H2,19,21). The van der Waals surface area contributed by atoms with E-state index in [1.54, 1.807) is 36.4 Å². The lowest BCUT2D eigenvalue weighted by Crippen LogP contribution is -2.13. The highest BCUT2D eigenvalue weighted by molar-refractivity contribution is 6.34. The first-order valence-electron chi connectivity index (χ1n) is 6.19. The minimum Gasteiger partial charge on any atom is -0.378 e. The summed E-state index contributed by atoms with van der Waals surface area (Å²) in [5, 5.41) is 4.78. The predicted octanol–water partition coefficient (Wildman–Crippen LogP) is 4.92. The highest BCUT2D eigenvalue weighted by atomic mass is 35.5. The quantitative estimate of drug-likeness (QED) is 0.828. The maximum absolute atomic E-state index is 11.3. The van der Waals surface area contributed by atoms with Crippen molar-refractivity contribution in [2.24, 2.45) is 5.73 Å². The minimum absolute atomic E-state index is 0.0990.